The minimum absolute atomic E-state index is 0.734. The van der Waals surface area contributed by atoms with E-state index in [0.717, 1.165) is 56.2 Å². The SMILES string of the molecule is CCCNCC=Cc1ccc2c(c1)OCCCO2. The lowest BCUT2D eigenvalue weighted by Crippen LogP contribution is -2.13. The third kappa shape index (κ3) is 3.77. The van der Waals surface area contributed by atoms with E-state index in [1.54, 1.807) is 0 Å². The molecule has 0 spiro atoms. The predicted molar refractivity (Wildman–Crippen MR) is 74.2 cm³/mol. The summed E-state index contributed by atoms with van der Waals surface area (Å²) in [7, 11) is 0. The van der Waals surface area contributed by atoms with Gasteiger partial charge in [0.15, 0.2) is 11.5 Å². The molecule has 1 heterocycles. The Labute approximate surface area is 109 Å². The van der Waals surface area contributed by atoms with E-state index in [-0.39, 0.29) is 0 Å². The number of ether oxygens (including phenoxy) is 2. The number of fused-ring (bicyclic) bond motifs is 1. The Balaban J connectivity index is 1.95. The smallest absolute Gasteiger partial charge is 0.161 e. The molecule has 1 aliphatic rings. The second-order valence-electron chi connectivity index (χ2n) is 4.36. The minimum atomic E-state index is 0.734. The van der Waals surface area contributed by atoms with Crippen molar-refractivity contribution in [2.75, 3.05) is 26.3 Å². The van der Waals surface area contributed by atoms with Gasteiger partial charge in [0.1, 0.15) is 0 Å². The number of nitrogens with one attached hydrogen (secondary N) is 1. The summed E-state index contributed by atoms with van der Waals surface area (Å²) in [5.74, 6) is 1.71. The van der Waals surface area contributed by atoms with E-state index < -0.39 is 0 Å². The molecule has 98 valence electrons. The molecule has 1 N–H and O–H groups in total. The van der Waals surface area contributed by atoms with Gasteiger partial charge < -0.3 is 14.8 Å². The Hall–Kier alpha value is -1.48. The zero-order chi connectivity index (χ0) is 12.6. The summed E-state index contributed by atoms with van der Waals surface area (Å²) in [5, 5.41) is 3.33. The monoisotopic (exact) mass is 247 g/mol. The predicted octanol–water partition coefficient (Wildman–Crippen LogP) is 2.86. The quantitative estimate of drug-likeness (QED) is 0.812. The molecule has 0 saturated heterocycles. The summed E-state index contributed by atoms with van der Waals surface area (Å²) in [5.41, 5.74) is 1.15. The molecule has 3 heteroatoms. The van der Waals surface area contributed by atoms with E-state index in [0.29, 0.717) is 0 Å². The normalized spacial score (nSPS) is 14.7. The van der Waals surface area contributed by atoms with Crippen LogP contribution in [0.1, 0.15) is 25.3 Å². The van der Waals surface area contributed by atoms with Gasteiger partial charge in [0.25, 0.3) is 0 Å². The number of hydrogen-bond donors (Lipinski definition) is 1. The van der Waals surface area contributed by atoms with E-state index in [4.69, 9.17) is 9.47 Å². The molecule has 18 heavy (non-hydrogen) atoms. The maximum atomic E-state index is 5.66. The molecule has 0 aromatic heterocycles. The van der Waals surface area contributed by atoms with Crippen LogP contribution in [0.4, 0.5) is 0 Å². The maximum Gasteiger partial charge on any atom is 0.161 e. The summed E-state index contributed by atoms with van der Waals surface area (Å²) in [6.07, 6.45) is 6.35. The van der Waals surface area contributed by atoms with Crippen LogP contribution < -0.4 is 14.8 Å². The van der Waals surface area contributed by atoms with E-state index in [1.165, 1.54) is 0 Å². The highest BCUT2D eigenvalue weighted by Crippen LogP contribution is 2.30. The van der Waals surface area contributed by atoms with Crippen molar-refractivity contribution in [3.63, 3.8) is 0 Å². The Morgan fingerprint density at radius 3 is 2.89 bits per heavy atom. The molecule has 1 aromatic rings. The third-order valence-electron chi connectivity index (χ3n) is 2.77. The highest BCUT2D eigenvalue weighted by Gasteiger charge is 2.09. The fourth-order valence-corrected chi connectivity index (χ4v) is 1.84. The van der Waals surface area contributed by atoms with E-state index in [9.17, 15) is 0 Å². The van der Waals surface area contributed by atoms with Crippen LogP contribution in [0, 0.1) is 0 Å². The fourth-order valence-electron chi connectivity index (χ4n) is 1.84. The van der Waals surface area contributed by atoms with Crippen LogP contribution in [-0.4, -0.2) is 26.3 Å². The van der Waals surface area contributed by atoms with Gasteiger partial charge >= 0.3 is 0 Å². The first-order valence-electron chi connectivity index (χ1n) is 6.67. The van der Waals surface area contributed by atoms with Crippen LogP contribution >= 0.6 is 0 Å². The summed E-state index contributed by atoms with van der Waals surface area (Å²) in [6.45, 7) is 5.61. The maximum absolute atomic E-state index is 5.66. The number of rotatable bonds is 5. The van der Waals surface area contributed by atoms with Crippen molar-refractivity contribution < 1.29 is 9.47 Å². The first-order chi connectivity index (χ1) is 8.90. The van der Waals surface area contributed by atoms with E-state index in [2.05, 4.69) is 30.5 Å². The van der Waals surface area contributed by atoms with Crippen LogP contribution in [0.15, 0.2) is 24.3 Å². The van der Waals surface area contributed by atoms with Gasteiger partial charge in [0, 0.05) is 13.0 Å². The number of hydrogen-bond acceptors (Lipinski definition) is 3. The van der Waals surface area contributed by atoms with Gasteiger partial charge in [-0.25, -0.2) is 0 Å². The average Bonchev–Trinajstić information content (AvgIpc) is 2.63. The Bertz CT molecular complexity index is 401. The lowest BCUT2D eigenvalue weighted by Gasteiger charge is -2.07. The largest absolute Gasteiger partial charge is 0.490 e. The highest BCUT2D eigenvalue weighted by atomic mass is 16.5. The Morgan fingerprint density at radius 2 is 2.06 bits per heavy atom. The molecule has 0 radical (unpaired) electrons. The molecule has 0 bridgehead atoms. The molecule has 3 nitrogen and oxygen atoms in total. The third-order valence-corrected chi connectivity index (χ3v) is 2.77. The van der Waals surface area contributed by atoms with Crippen molar-refractivity contribution in [1.29, 1.82) is 0 Å². The van der Waals surface area contributed by atoms with Crippen molar-refractivity contribution in [3.05, 3.63) is 29.8 Å². The molecule has 1 aromatic carbocycles. The molecule has 0 fully saturated rings. The van der Waals surface area contributed by atoms with Crippen molar-refractivity contribution in [2.24, 2.45) is 0 Å². The first-order valence-corrected chi connectivity index (χ1v) is 6.67. The van der Waals surface area contributed by atoms with Crippen molar-refractivity contribution in [3.8, 4) is 11.5 Å². The van der Waals surface area contributed by atoms with Gasteiger partial charge in [-0.05, 0) is 30.7 Å². The zero-order valence-electron chi connectivity index (χ0n) is 10.9. The molecule has 0 saturated carbocycles. The van der Waals surface area contributed by atoms with E-state index in [1.807, 2.05) is 12.1 Å². The molecule has 0 amide bonds. The minimum Gasteiger partial charge on any atom is -0.490 e. The Kier molecular flexibility index (Phi) is 5.09. The summed E-state index contributed by atoms with van der Waals surface area (Å²) >= 11 is 0. The van der Waals surface area contributed by atoms with Crippen molar-refractivity contribution in [2.45, 2.75) is 19.8 Å². The lowest BCUT2D eigenvalue weighted by atomic mass is 10.2. The highest BCUT2D eigenvalue weighted by molar-refractivity contribution is 5.56. The van der Waals surface area contributed by atoms with Gasteiger partial charge in [-0.1, -0.05) is 25.1 Å². The molecular formula is C15H21NO2. The molecule has 0 unspecified atom stereocenters. The van der Waals surface area contributed by atoms with Crippen molar-refractivity contribution in [1.82, 2.24) is 5.32 Å². The summed E-state index contributed by atoms with van der Waals surface area (Å²) in [4.78, 5) is 0. The summed E-state index contributed by atoms with van der Waals surface area (Å²) < 4.78 is 11.3. The Morgan fingerprint density at radius 1 is 1.22 bits per heavy atom. The zero-order valence-corrected chi connectivity index (χ0v) is 10.9. The van der Waals surface area contributed by atoms with Crippen LogP contribution in [0.5, 0.6) is 11.5 Å². The molecular weight excluding hydrogens is 226 g/mol. The van der Waals surface area contributed by atoms with Crippen LogP contribution in [0.2, 0.25) is 0 Å². The second kappa shape index (κ2) is 7.07. The average molecular weight is 247 g/mol. The molecule has 1 aliphatic heterocycles. The fraction of sp³-hybridized carbons (Fsp3) is 0.467. The molecule has 0 atom stereocenters. The van der Waals surface area contributed by atoms with Crippen molar-refractivity contribution >= 4 is 6.08 Å². The van der Waals surface area contributed by atoms with E-state index >= 15 is 0 Å². The molecule has 0 aliphatic carbocycles. The summed E-state index contributed by atoms with van der Waals surface area (Å²) in [6, 6.07) is 6.08. The van der Waals surface area contributed by atoms with Crippen LogP contribution in [-0.2, 0) is 0 Å². The first kappa shape index (κ1) is 13.0. The molecule has 2 rings (SSSR count). The standard InChI is InChI=1S/C15H21NO2/c1-2-8-16-9-3-5-13-6-7-14-15(12-13)18-11-4-10-17-14/h3,5-7,12,16H,2,4,8-11H2,1H3. The van der Waals surface area contributed by atoms with Crippen LogP contribution in [0.3, 0.4) is 0 Å². The van der Waals surface area contributed by atoms with Gasteiger partial charge in [-0.15, -0.1) is 0 Å². The number of benzene rings is 1. The van der Waals surface area contributed by atoms with Gasteiger partial charge in [-0.3, -0.25) is 0 Å². The van der Waals surface area contributed by atoms with Gasteiger partial charge in [-0.2, -0.15) is 0 Å². The van der Waals surface area contributed by atoms with Gasteiger partial charge in [0.2, 0.25) is 0 Å². The lowest BCUT2D eigenvalue weighted by molar-refractivity contribution is 0.297. The van der Waals surface area contributed by atoms with Crippen LogP contribution in [0.25, 0.3) is 6.08 Å². The second-order valence-corrected chi connectivity index (χ2v) is 4.36. The van der Waals surface area contributed by atoms with Gasteiger partial charge in [0.05, 0.1) is 13.2 Å². The topological polar surface area (TPSA) is 30.5 Å².